The lowest BCUT2D eigenvalue weighted by Crippen LogP contribution is -2.53. The molecule has 3 heterocycles. The summed E-state index contributed by atoms with van der Waals surface area (Å²) in [5, 5.41) is 0.928. The zero-order valence-electron chi connectivity index (χ0n) is 29.5. The number of amides is 2. The number of sulfonamides is 1. The van der Waals surface area contributed by atoms with Gasteiger partial charge >= 0.3 is 5.63 Å². The van der Waals surface area contributed by atoms with Gasteiger partial charge in [0.25, 0.3) is 11.8 Å². The summed E-state index contributed by atoms with van der Waals surface area (Å²) in [5.74, 6) is -0.922. The first-order valence-corrected chi connectivity index (χ1v) is 19.0. The summed E-state index contributed by atoms with van der Waals surface area (Å²) in [7, 11) is -0.0315. The smallest absolute Gasteiger partial charge is 0.341 e. The van der Waals surface area contributed by atoms with Crippen molar-refractivity contribution in [1.29, 1.82) is 0 Å². The Morgan fingerprint density at radius 1 is 1.08 bits per heavy atom. The highest BCUT2D eigenvalue weighted by molar-refractivity contribution is 7.91. The van der Waals surface area contributed by atoms with Crippen molar-refractivity contribution in [3.05, 3.63) is 68.1 Å². The average Bonchev–Trinajstić information content (AvgIpc) is 3.84. The number of fused-ring (bicyclic) bond motifs is 3. The molecule has 2 saturated carbocycles. The Balaban J connectivity index is 1.15. The normalized spacial score (nSPS) is 20.7. The standard InChI is InChI=1S/C37H46N4O8S/c1-22-17-30(40-16-15-39(4)25(19-40)21-47-5)23(2)33-32(22)27-11-14-41(20-29(27)36(44)49-33)35(43)24-9-10-28(31(18-24)48-26-7-6-8-26)34(42)38-50(45,46)37(3)12-13-37/h9-10,17-18,25-26H,6-8,11-16,19-21H2,1-5H3,(H,38,42)/t25-/m1/s1. The first kappa shape index (κ1) is 34.5. The molecule has 3 fully saturated rings. The van der Waals surface area contributed by atoms with Gasteiger partial charge in [-0.1, -0.05) is 0 Å². The second kappa shape index (κ2) is 13.0. The molecule has 2 amide bonds. The molecule has 1 atom stereocenters. The fourth-order valence-corrected chi connectivity index (χ4v) is 8.57. The molecular weight excluding hydrogens is 660 g/mol. The molecule has 1 N–H and O–H groups in total. The van der Waals surface area contributed by atoms with Crippen molar-refractivity contribution in [2.24, 2.45) is 0 Å². The number of piperazine rings is 1. The summed E-state index contributed by atoms with van der Waals surface area (Å²) in [6.45, 7) is 9.33. The topological polar surface area (TPSA) is 139 Å². The Morgan fingerprint density at radius 3 is 2.52 bits per heavy atom. The lowest BCUT2D eigenvalue weighted by molar-refractivity contribution is 0.0729. The van der Waals surface area contributed by atoms with E-state index in [-0.39, 0.29) is 41.5 Å². The number of nitrogens with one attached hydrogen (secondary N) is 1. The van der Waals surface area contributed by atoms with Gasteiger partial charge in [0, 0.05) is 55.5 Å². The van der Waals surface area contributed by atoms with E-state index in [1.807, 2.05) is 13.8 Å². The first-order chi connectivity index (χ1) is 23.8. The number of benzene rings is 2. The minimum Gasteiger partial charge on any atom is -0.490 e. The van der Waals surface area contributed by atoms with Crippen LogP contribution in [0.5, 0.6) is 5.75 Å². The van der Waals surface area contributed by atoms with Gasteiger partial charge in [-0.2, -0.15) is 0 Å². The van der Waals surface area contributed by atoms with E-state index in [1.54, 1.807) is 18.9 Å². The van der Waals surface area contributed by atoms with E-state index < -0.39 is 26.3 Å². The third-order valence-electron chi connectivity index (χ3n) is 11.2. The van der Waals surface area contributed by atoms with Crippen molar-refractivity contribution in [3.63, 3.8) is 0 Å². The molecule has 7 rings (SSSR count). The van der Waals surface area contributed by atoms with Gasteiger partial charge in [0.2, 0.25) is 10.0 Å². The number of hydrogen-bond donors (Lipinski definition) is 1. The highest BCUT2D eigenvalue weighted by Gasteiger charge is 2.51. The summed E-state index contributed by atoms with van der Waals surface area (Å²) in [5.41, 5.74) is 4.87. The fraction of sp³-hybridized carbons (Fsp3) is 0.541. The van der Waals surface area contributed by atoms with Crippen LogP contribution in [0.15, 0.2) is 33.5 Å². The highest BCUT2D eigenvalue weighted by atomic mass is 32.2. The Kier molecular flexibility index (Phi) is 8.96. The van der Waals surface area contributed by atoms with Crippen LogP contribution in [0.3, 0.4) is 0 Å². The monoisotopic (exact) mass is 706 g/mol. The van der Waals surface area contributed by atoms with E-state index in [0.717, 1.165) is 66.7 Å². The van der Waals surface area contributed by atoms with E-state index in [1.165, 1.54) is 18.2 Å². The van der Waals surface area contributed by atoms with Gasteiger partial charge < -0.3 is 23.7 Å². The van der Waals surface area contributed by atoms with Gasteiger partial charge in [0.05, 0.1) is 41.2 Å². The van der Waals surface area contributed by atoms with Crippen molar-refractivity contribution < 1.29 is 31.9 Å². The van der Waals surface area contributed by atoms with Crippen LogP contribution < -0.4 is 20.0 Å². The molecule has 1 saturated heterocycles. The molecule has 0 bridgehead atoms. The number of likely N-dealkylation sites (N-methyl/N-ethyl adjacent to an activating group) is 1. The van der Waals surface area contributed by atoms with Gasteiger partial charge in [-0.15, -0.1) is 0 Å². The van der Waals surface area contributed by atoms with Crippen LogP contribution in [0.4, 0.5) is 5.69 Å². The number of methoxy groups -OCH3 is 1. The Labute approximate surface area is 292 Å². The van der Waals surface area contributed by atoms with Crippen LogP contribution in [-0.4, -0.2) is 93.9 Å². The fourth-order valence-electron chi connectivity index (χ4n) is 7.33. The number of rotatable bonds is 9. The lowest BCUT2D eigenvalue weighted by atomic mass is 9.92. The summed E-state index contributed by atoms with van der Waals surface area (Å²) in [6, 6.07) is 6.92. The maximum Gasteiger partial charge on any atom is 0.341 e. The third-order valence-corrected chi connectivity index (χ3v) is 13.4. The molecule has 12 nitrogen and oxygen atoms in total. The SMILES string of the molecule is COC[C@H]1CN(c2cc(C)c3c4c(c(=O)oc3c2C)CN(C(=O)c2ccc(C(=O)NS(=O)(=O)C3(C)CC3)c(OC3CCC3)c2)CC4)CCN1C. The largest absolute Gasteiger partial charge is 0.490 e. The molecule has 2 aliphatic heterocycles. The number of carbonyl (C=O) groups is 2. The van der Waals surface area contributed by atoms with Gasteiger partial charge in [-0.3, -0.25) is 14.5 Å². The van der Waals surface area contributed by atoms with Crippen molar-refractivity contribution >= 4 is 38.5 Å². The zero-order valence-corrected chi connectivity index (χ0v) is 30.3. The number of nitrogens with zero attached hydrogens (tertiary/aromatic N) is 3. The first-order valence-electron chi connectivity index (χ1n) is 17.5. The number of aryl methyl sites for hydroxylation is 2. The number of ether oxygens (including phenoxy) is 2. The lowest BCUT2D eigenvalue weighted by Gasteiger charge is -2.41. The van der Waals surface area contributed by atoms with Crippen LogP contribution in [0, 0.1) is 13.8 Å². The molecule has 13 heteroatoms. The summed E-state index contributed by atoms with van der Waals surface area (Å²) < 4.78 is 44.5. The van der Waals surface area contributed by atoms with Crippen LogP contribution in [0.2, 0.25) is 0 Å². The molecule has 2 aromatic carbocycles. The maximum absolute atomic E-state index is 13.9. The molecule has 2 aliphatic carbocycles. The van der Waals surface area contributed by atoms with Crippen molar-refractivity contribution in [1.82, 2.24) is 14.5 Å². The minimum absolute atomic E-state index is 0.0633. The van der Waals surface area contributed by atoms with Gasteiger partial charge in [0.1, 0.15) is 11.3 Å². The number of hydrogen-bond acceptors (Lipinski definition) is 10. The second-order valence-electron chi connectivity index (χ2n) is 14.7. The molecule has 3 aromatic rings. The van der Waals surface area contributed by atoms with E-state index in [4.69, 9.17) is 13.9 Å². The van der Waals surface area contributed by atoms with E-state index in [9.17, 15) is 22.8 Å². The summed E-state index contributed by atoms with van der Waals surface area (Å²) >= 11 is 0. The summed E-state index contributed by atoms with van der Waals surface area (Å²) in [4.78, 5) is 47.0. The number of anilines is 1. The van der Waals surface area contributed by atoms with Crippen molar-refractivity contribution in [2.45, 2.75) is 82.7 Å². The maximum atomic E-state index is 13.9. The van der Waals surface area contributed by atoms with Crippen molar-refractivity contribution in [2.75, 3.05) is 51.8 Å². The minimum atomic E-state index is -3.86. The molecular formula is C37H46N4O8S. The van der Waals surface area contributed by atoms with Crippen molar-refractivity contribution in [3.8, 4) is 5.75 Å². The van der Waals surface area contributed by atoms with Gasteiger partial charge in [0.15, 0.2) is 0 Å². The van der Waals surface area contributed by atoms with E-state index in [0.29, 0.717) is 43.6 Å². The predicted octanol–water partition coefficient (Wildman–Crippen LogP) is 3.92. The quantitative estimate of drug-likeness (QED) is 0.326. The molecule has 0 spiro atoms. The van der Waals surface area contributed by atoms with Crippen LogP contribution in [0.25, 0.3) is 11.0 Å². The van der Waals surface area contributed by atoms with Gasteiger partial charge in [-0.25, -0.2) is 17.9 Å². The van der Waals surface area contributed by atoms with E-state index >= 15 is 0 Å². The molecule has 0 radical (unpaired) electrons. The summed E-state index contributed by atoms with van der Waals surface area (Å²) in [6.07, 6.45) is 3.98. The average molecular weight is 707 g/mol. The Bertz CT molecular complexity index is 2030. The molecule has 0 unspecified atom stereocenters. The molecule has 268 valence electrons. The van der Waals surface area contributed by atoms with Crippen LogP contribution in [0.1, 0.15) is 82.0 Å². The second-order valence-corrected chi connectivity index (χ2v) is 16.9. The zero-order chi connectivity index (χ0) is 35.5. The Morgan fingerprint density at radius 2 is 1.84 bits per heavy atom. The molecule has 1 aromatic heterocycles. The predicted molar refractivity (Wildman–Crippen MR) is 190 cm³/mol. The molecule has 4 aliphatic rings. The van der Waals surface area contributed by atoms with Gasteiger partial charge in [-0.05, 0) is 102 Å². The Hall–Kier alpha value is -3.94. The number of carbonyl (C=O) groups excluding carboxylic acids is 2. The third kappa shape index (κ3) is 6.17. The van der Waals surface area contributed by atoms with Crippen LogP contribution >= 0.6 is 0 Å². The van der Waals surface area contributed by atoms with Crippen LogP contribution in [-0.2, 0) is 27.7 Å². The van der Waals surface area contributed by atoms with E-state index in [2.05, 4.69) is 27.6 Å². The highest BCUT2D eigenvalue weighted by Crippen LogP contribution is 2.42. The molecule has 50 heavy (non-hydrogen) atoms.